The Kier molecular flexibility index (Phi) is 3.54. The van der Waals surface area contributed by atoms with Gasteiger partial charge >= 0.3 is 12.0 Å². The summed E-state index contributed by atoms with van der Waals surface area (Å²) in [5, 5.41) is 0. The van der Waals surface area contributed by atoms with Crippen LogP contribution in [-0.2, 0) is 0 Å². The van der Waals surface area contributed by atoms with Gasteiger partial charge in [-0.25, -0.2) is 5.84 Å². The van der Waals surface area contributed by atoms with E-state index in [1.54, 1.807) is 0 Å². The molecular formula is C11H13N5O2. The number of ether oxygens (including phenoxy) is 2. The summed E-state index contributed by atoms with van der Waals surface area (Å²) < 4.78 is 10.4. The van der Waals surface area contributed by atoms with Crippen LogP contribution in [0.5, 0.6) is 17.8 Å². The number of nitrogens with two attached hydrogens (primary N) is 1. The predicted molar refractivity (Wildman–Crippen MR) is 65.4 cm³/mol. The minimum atomic E-state index is 0.110. The Morgan fingerprint density at radius 1 is 1.06 bits per heavy atom. The van der Waals surface area contributed by atoms with Gasteiger partial charge in [0.2, 0.25) is 5.95 Å². The highest BCUT2D eigenvalue weighted by Crippen LogP contribution is 2.20. The molecule has 1 heterocycles. The number of aryl methyl sites for hydroxylation is 1. The highest BCUT2D eigenvalue weighted by atomic mass is 16.5. The van der Waals surface area contributed by atoms with Crippen molar-refractivity contribution in [3.05, 3.63) is 29.8 Å². The van der Waals surface area contributed by atoms with Crippen molar-refractivity contribution in [3.8, 4) is 17.8 Å². The van der Waals surface area contributed by atoms with Crippen LogP contribution in [0.2, 0.25) is 0 Å². The van der Waals surface area contributed by atoms with E-state index in [0.29, 0.717) is 5.75 Å². The number of aromatic nitrogens is 3. The summed E-state index contributed by atoms with van der Waals surface area (Å²) in [5.41, 5.74) is 3.45. The first-order chi connectivity index (χ1) is 8.71. The number of methoxy groups -OCH3 is 1. The number of nitrogens with one attached hydrogen (secondary N) is 1. The Bertz CT molecular complexity index is 507. The van der Waals surface area contributed by atoms with Gasteiger partial charge < -0.3 is 9.47 Å². The van der Waals surface area contributed by atoms with Gasteiger partial charge in [-0.05, 0) is 19.1 Å². The van der Waals surface area contributed by atoms with E-state index < -0.39 is 0 Å². The molecule has 2 rings (SSSR count). The molecule has 0 amide bonds. The fourth-order valence-electron chi connectivity index (χ4n) is 1.25. The average molecular weight is 247 g/mol. The van der Waals surface area contributed by atoms with Crippen LogP contribution in [0.4, 0.5) is 5.95 Å². The van der Waals surface area contributed by atoms with Gasteiger partial charge in [-0.1, -0.05) is 17.7 Å². The highest BCUT2D eigenvalue weighted by molar-refractivity contribution is 5.31. The summed E-state index contributed by atoms with van der Waals surface area (Å²) in [6.45, 7) is 1.99. The number of nitrogen functional groups attached to an aromatic ring is 1. The van der Waals surface area contributed by atoms with E-state index in [2.05, 4.69) is 20.4 Å². The van der Waals surface area contributed by atoms with Crippen molar-refractivity contribution < 1.29 is 9.47 Å². The third-order valence-corrected chi connectivity index (χ3v) is 2.14. The Morgan fingerprint density at radius 2 is 1.72 bits per heavy atom. The summed E-state index contributed by atoms with van der Waals surface area (Å²) in [6.07, 6.45) is 0. The summed E-state index contributed by atoms with van der Waals surface area (Å²) in [6, 6.07) is 7.73. The van der Waals surface area contributed by atoms with Gasteiger partial charge in [-0.15, -0.1) is 4.98 Å². The van der Waals surface area contributed by atoms with Gasteiger partial charge in [-0.2, -0.15) is 9.97 Å². The lowest BCUT2D eigenvalue weighted by molar-refractivity contribution is 0.360. The molecule has 0 bridgehead atoms. The minimum absolute atomic E-state index is 0.110. The second-order valence-electron chi connectivity index (χ2n) is 3.49. The summed E-state index contributed by atoms with van der Waals surface area (Å²) >= 11 is 0. The van der Waals surface area contributed by atoms with Crippen LogP contribution in [-0.4, -0.2) is 22.1 Å². The molecule has 0 spiro atoms. The van der Waals surface area contributed by atoms with Crippen LogP contribution in [0.3, 0.4) is 0 Å². The van der Waals surface area contributed by atoms with E-state index >= 15 is 0 Å². The average Bonchev–Trinajstić information content (AvgIpc) is 2.41. The molecule has 0 saturated heterocycles. The summed E-state index contributed by atoms with van der Waals surface area (Å²) in [5.74, 6) is 6.03. The van der Waals surface area contributed by atoms with E-state index in [0.717, 1.165) is 5.56 Å². The van der Waals surface area contributed by atoms with Crippen molar-refractivity contribution >= 4 is 5.95 Å². The van der Waals surface area contributed by atoms with E-state index in [1.165, 1.54) is 7.11 Å². The number of hydrazine groups is 1. The second-order valence-corrected chi connectivity index (χ2v) is 3.49. The Morgan fingerprint density at radius 3 is 2.33 bits per heavy atom. The number of rotatable bonds is 4. The fourth-order valence-corrected chi connectivity index (χ4v) is 1.25. The maximum atomic E-state index is 5.48. The standard InChI is InChI=1S/C11H13N5O2/c1-7-3-5-8(6-4-7)18-11-14-9(16-12)13-10(15-11)17-2/h3-6H,12H2,1-2H3,(H,13,14,15,16). The topological polar surface area (TPSA) is 95.2 Å². The Labute approximate surface area is 104 Å². The SMILES string of the molecule is COc1nc(NN)nc(Oc2ccc(C)cc2)n1. The molecular weight excluding hydrogens is 234 g/mol. The number of anilines is 1. The largest absolute Gasteiger partial charge is 0.467 e. The van der Waals surface area contributed by atoms with Gasteiger partial charge in [0, 0.05) is 0 Å². The van der Waals surface area contributed by atoms with Crippen molar-refractivity contribution in [1.82, 2.24) is 15.0 Å². The number of nitrogens with zero attached hydrogens (tertiary/aromatic N) is 3. The molecule has 0 aliphatic carbocycles. The molecule has 7 nitrogen and oxygen atoms in total. The number of hydrogen-bond donors (Lipinski definition) is 2. The first kappa shape index (κ1) is 12.1. The molecule has 94 valence electrons. The van der Waals surface area contributed by atoms with Crippen LogP contribution in [0.15, 0.2) is 24.3 Å². The molecule has 0 atom stereocenters. The fraction of sp³-hybridized carbons (Fsp3) is 0.182. The van der Waals surface area contributed by atoms with Gasteiger partial charge in [0.15, 0.2) is 0 Å². The maximum Gasteiger partial charge on any atom is 0.330 e. The van der Waals surface area contributed by atoms with Crippen molar-refractivity contribution in [3.63, 3.8) is 0 Å². The molecule has 2 aromatic rings. The zero-order chi connectivity index (χ0) is 13.0. The van der Waals surface area contributed by atoms with Crippen LogP contribution in [0, 0.1) is 6.92 Å². The van der Waals surface area contributed by atoms with Crippen LogP contribution >= 0.6 is 0 Å². The molecule has 0 unspecified atom stereocenters. The highest BCUT2D eigenvalue weighted by Gasteiger charge is 2.07. The van der Waals surface area contributed by atoms with Gasteiger partial charge in [0.05, 0.1) is 7.11 Å². The predicted octanol–water partition coefficient (Wildman–Crippen LogP) is 1.27. The van der Waals surface area contributed by atoms with E-state index in [-0.39, 0.29) is 18.0 Å². The molecule has 0 radical (unpaired) electrons. The molecule has 18 heavy (non-hydrogen) atoms. The molecule has 0 aliphatic rings. The zero-order valence-corrected chi connectivity index (χ0v) is 10.0. The molecule has 0 fully saturated rings. The van der Waals surface area contributed by atoms with Gasteiger partial charge in [0.25, 0.3) is 0 Å². The lowest BCUT2D eigenvalue weighted by Gasteiger charge is -2.06. The molecule has 1 aromatic heterocycles. The molecule has 0 saturated carbocycles. The van der Waals surface area contributed by atoms with Gasteiger partial charge in [0.1, 0.15) is 5.75 Å². The third kappa shape index (κ3) is 2.83. The van der Waals surface area contributed by atoms with Crippen molar-refractivity contribution in [1.29, 1.82) is 0 Å². The van der Waals surface area contributed by atoms with E-state index in [9.17, 15) is 0 Å². The molecule has 3 N–H and O–H groups in total. The van der Waals surface area contributed by atoms with Crippen LogP contribution in [0.1, 0.15) is 5.56 Å². The normalized spacial score (nSPS) is 9.94. The monoisotopic (exact) mass is 247 g/mol. The van der Waals surface area contributed by atoms with Crippen molar-refractivity contribution in [2.45, 2.75) is 6.92 Å². The number of hydrogen-bond acceptors (Lipinski definition) is 7. The molecule has 7 heteroatoms. The maximum absolute atomic E-state index is 5.48. The Hall–Kier alpha value is -2.41. The zero-order valence-electron chi connectivity index (χ0n) is 10.0. The number of benzene rings is 1. The molecule has 0 aliphatic heterocycles. The molecule has 1 aromatic carbocycles. The first-order valence-corrected chi connectivity index (χ1v) is 5.22. The van der Waals surface area contributed by atoms with E-state index in [1.807, 2.05) is 31.2 Å². The lowest BCUT2D eigenvalue weighted by Crippen LogP contribution is -2.12. The van der Waals surface area contributed by atoms with Crippen molar-refractivity contribution in [2.24, 2.45) is 5.84 Å². The Balaban J connectivity index is 2.25. The van der Waals surface area contributed by atoms with Crippen LogP contribution < -0.4 is 20.7 Å². The van der Waals surface area contributed by atoms with Crippen molar-refractivity contribution in [2.75, 3.05) is 12.5 Å². The minimum Gasteiger partial charge on any atom is -0.467 e. The van der Waals surface area contributed by atoms with E-state index in [4.69, 9.17) is 15.3 Å². The second kappa shape index (κ2) is 5.28. The lowest BCUT2D eigenvalue weighted by atomic mass is 10.2. The third-order valence-electron chi connectivity index (χ3n) is 2.14. The van der Waals surface area contributed by atoms with Crippen LogP contribution in [0.25, 0.3) is 0 Å². The quantitative estimate of drug-likeness (QED) is 0.620. The van der Waals surface area contributed by atoms with Gasteiger partial charge in [-0.3, -0.25) is 5.43 Å². The summed E-state index contributed by atoms with van der Waals surface area (Å²) in [7, 11) is 1.45. The smallest absolute Gasteiger partial charge is 0.330 e. The summed E-state index contributed by atoms with van der Waals surface area (Å²) in [4.78, 5) is 11.8. The first-order valence-electron chi connectivity index (χ1n) is 5.22.